The number of carbonyl (C=O) groups is 2. The van der Waals surface area contributed by atoms with Crippen LogP contribution in [0.4, 0.5) is 0 Å². The molecule has 0 aliphatic rings. The summed E-state index contributed by atoms with van der Waals surface area (Å²) < 4.78 is 0. The highest BCUT2D eigenvalue weighted by atomic mass is 16.2. The fraction of sp³-hybridized carbons (Fsp3) is 0.500. The van der Waals surface area contributed by atoms with Crippen LogP contribution >= 0.6 is 0 Å². The zero-order valence-electron chi connectivity index (χ0n) is 12.1. The molecule has 0 N–H and O–H groups in total. The lowest BCUT2D eigenvalue weighted by Gasteiger charge is -2.17. The molecular formula is C16H23NO2. The van der Waals surface area contributed by atoms with Crippen LogP contribution in [-0.4, -0.2) is 30.7 Å². The average molecular weight is 261 g/mol. The summed E-state index contributed by atoms with van der Waals surface area (Å²) in [5, 5.41) is 0. The monoisotopic (exact) mass is 261 g/mol. The van der Waals surface area contributed by atoms with Crippen molar-refractivity contribution in [2.75, 3.05) is 13.6 Å². The van der Waals surface area contributed by atoms with E-state index in [2.05, 4.69) is 13.8 Å². The smallest absolute Gasteiger partial charge is 0.253 e. The lowest BCUT2D eigenvalue weighted by Crippen LogP contribution is -2.27. The maximum Gasteiger partial charge on any atom is 0.253 e. The van der Waals surface area contributed by atoms with Gasteiger partial charge < -0.3 is 9.69 Å². The molecule has 1 rings (SSSR count). The van der Waals surface area contributed by atoms with Gasteiger partial charge in [0.15, 0.2) is 0 Å². The molecule has 0 aliphatic heterocycles. The van der Waals surface area contributed by atoms with Crippen LogP contribution in [0.2, 0.25) is 0 Å². The molecule has 1 amide bonds. The van der Waals surface area contributed by atoms with E-state index >= 15 is 0 Å². The number of rotatable bonds is 7. The molecule has 0 aromatic heterocycles. The van der Waals surface area contributed by atoms with Crippen LogP contribution in [0.1, 0.15) is 54.9 Å². The molecule has 0 saturated heterocycles. The molecule has 0 bridgehead atoms. The molecule has 0 spiro atoms. The third kappa shape index (κ3) is 4.51. The predicted molar refractivity (Wildman–Crippen MR) is 77.4 cm³/mol. The van der Waals surface area contributed by atoms with Gasteiger partial charge in [-0.1, -0.05) is 26.0 Å². The predicted octanol–water partition coefficient (Wildman–Crippen LogP) is 3.25. The summed E-state index contributed by atoms with van der Waals surface area (Å²) in [6.07, 6.45) is 3.21. The van der Waals surface area contributed by atoms with Crippen molar-refractivity contribution in [1.29, 1.82) is 0 Å². The zero-order chi connectivity index (χ0) is 14.3. The van der Waals surface area contributed by atoms with E-state index in [4.69, 9.17) is 0 Å². The molecule has 3 nitrogen and oxygen atoms in total. The van der Waals surface area contributed by atoms with Crippen LogP contribution in [0.3, 0.4) is 0 Å². The molecule has 0 fully saturated rings. The Hall–Kier alpha value is -1.64. The molecule has 3 heteroatoms. The Labute approximate surface area is 115 Å². The maximum absolute atomic E-state index is 12.1. The summed E-state index contributed by atoms with van der Waals surface area (Å²) in [5.74, 6) is 0.538. The van der Waals surface area contributed by atoms with E-state index in [1.807, 2.05) is 24.3 Å². The Kier molecular flexibility index (Phi) is 6.26. The first-order chi connectivity index (χ1) is 9.10. The van der Waals surface area contributed by atoms with Gasteiger partial charge in [-0.3, -0.25) is 4.79 Å². The second-order valence-corrected chi connectivity index (χ2v) is 4.97. The Morgan fingerprint density at radius 2 is 1.95 bits per heavy atom. The Bertz CT molecular complexity index is 411. The second kappa shape index (κ2) is 7.72. The summed E-state index contributed by atoms with van der Waals surface area (Å²) in [6.45, 7) is 4.96. The van der Waals surface area contributed by atoms with Crippen molar-refractivity contribution in [3.05, 3.63) is 35.4 Å². The lowest BCUT2D eigenvalue weighted by molar-refractivity contribution is -0.107. The third-order valence-electron chi connectivity index (χ3n) is 3.50. The van der Waals surface area contributed by atoms with E-state index in [-0.39, 0.29) is 5.91 Å². The van der Waals surface area contributed by atoms with Crippen LogP contribution in [0, 0.1) is 0 Å². The van der Waals surface area contributed by atoms with E-state index < -0.39 is 0 Å². The number of aldehydes is 1. The van der Waals surface area contributed by atoms with Crippen LogP contribution < -0.4 is 0 Å². The number of unbranched alkanes of at least 4 members (excludes halogenated alkanes) is 1. The molecule has 0 saturated carbocycles. The van der Waals surface area contributed by atoms with E-state index in [1.165, 1.54) is 5.56 Å². The van der Waals surface area contributed by atoms with Crippen molar-refractivity contribution in [3.63, 3.8) is 0 Å². The summed E-state index contributed by atoms with van der Waals surface area (Å²) in [5.41, 5.74) is 1.98. The highest BCUT2D eigenvalue weighted by molar-refractivity contribution is 5.94. The standard InChI is InChI=1S/C16H23NO2/c1-4-13(2)14-7-9-15(10-8-14)16(19)17(3)11-5-6-12-18/h7-10,12-13H,4-6,11H2,1-3H3. The van der Waals surface area contributed by atoms with Crippen LogP contribution in [0.5, 0.6) is 0 Å². The third-order valence-corrected chi connectivity index (χ3v) is 3.50. The van der Waals surface area contributed by atoms with Gasteiger partial charge in [-0.15, -0.1) is 0 Å². The Balaban J connectivity index is 2.64. The van der Waals surface area contributed by atoms with Crippen LogP contribution in [0.25, 0.3) is 0 Å². The molecule has 0 radical (unpaired) electrons. The van der Waals surface area contributed by atoms with Crippen LogP contribution in [-0.2, 0) is 4.79 Å². The highest BCUT2D eigenvalue weighted by Crippen LogP contribution is 2.19. The first kappa shape index (κ1) is 15.4. The highest BCUT2D eigenvalue weighted by Gasteiger charge is 2.11. The van der Waals surface area contributed by atoms with Gasteiger partial charge in [0.05, 0.1) is 0 Å². The molecule has 0 heterocycles. The first-order valence-electron chi connectivity index (χ1n) is 6.89. The van der Waals surface area contributed by atoms with Gasteiger partial charge in [0.2, 0.25) is 0 Å². The number of carbonyl (C=O) groups excluding carboxylic acids is 2. The molecule has 104 valence electrons. The number of nitrogens with zero attached hydrogens (tertiary/aromatic N) is 1. The second-order valence-electron chi connectivity index (χ2n) is 4.97. The summed E-state index contributed by atoms with van der Waals surface area (Å²) in [6, 6.07) is 7.83. The quantitative estimate of drug-likeness (QED) is 0.558. The van der Waals surface area contributed by atoms with Gasteiger partial charge in [0.25, 0.3) is 5.91 Å². The average Bonchev–Trinajstić information content (AvgIpc) is 2.46. The zero-order valence-corrected chi connectivity index (χ0v) is 12.1. The van der Waals surface area contributed by atoms with Crippen molar-refractivity contribution >= 4 is 12.2 Å². The molecular weight excluding hydrogens is 238 g/mol. The maximum atomic E-state index is 12.1. The van der Waals surface area contributed by atoms with E-state index in [1.54, 1.807) is 11.9 Å². The normalized spacial score (nSPS) is 11.9. The summed E-state index contributed by atoms with van der Waals surface area (Å²) >= 11 is 0. The molecule has 0 aliphatic carbocycles. The fourth-order valence-electron chi connectivity index (χ4n) is 1.92. The minimum Gasteiger partial charge on any atom is -0.342 e. The van der Waals surface area contributed by atoms with Crippen molar-refractivity contribution < 1.29 is 9.59 Å². The van der Waals surface area contributed by atoms with Gasteiger partial charge in [-0.2, -0.15) is 0 Å². The SMILES string of the molecule is CCC(C)c1ccc(C(=O)N(C)CCCC=O)cc1. The lowest BCUT2D eigenvalue weighted by atomic mass is 9.97. The van der Waals surface area contributed by atoms with Crippen molar-refractivity contribution in [3.8, 4) is 0 Å². The van der Waals surface area contributed by atoms with Gasteiger partial charge in [-0.05, 0) is 36.5 Å². The molecule has 1 atom stereocenters. The van der Waals surface area contributed by atoms with Gasteiger partial charge in [-0.25, -0.2) is 0 Å². The first-order valence-corrected chi connectivity index (χ1v) is 6.89. The molecule has 19 heavy (non-hydrogen) atoms. The summed E-state index contributed by atoms with van der Waals surface area (Å²) in [7, 11) is 1.77. The van der Waals surface area contributed by atoms with E-state index in [0.717, 1.165) is 19.1 Å². The summed E-state index contributed by atoms with van der Waals surface area (Å²) in [4.78, 5) is 24.0. The van der Waals surface area contributed by atoms with E-state index in [0.29, 0.717) is 24.4 Å². The minimum atomic E-state index is 0.0154. The van der Waals surface area contributed by atoms with Gasteiger partial charge >= 0.3 is 0 Å². The Morgan fingerprint density at radius 3 is 2.47 bits per heavy atom. The molecule has 1 aromatic rings. The number of hydrogen-bond acceptors (Lipinski definition) is 2. The van der Waals surface area contributed by atoms with Gasteiger partial charge in [0, 0.05) is 25.6 Å². The number of amides is 1. The molecule has 1 aromatic carbocycles. The van der Waals surface area contributed by atoms with Crippen molar-refractivity contribution in [2.24, 2.45) is 0 Å². The van der Waals surface area contributed by atoms with Crippen molar-refractivity contribution in [2.45, 2.75) is 39.0 Å². The molecule has 1 unspecified atom stereocenters. The fourth-order valence-corrected chi connectivity index (χ4v) is 1.92. The number of benzene rings is 1. The van der Waals surface area contributed by atoms with Gasteiger partial charge in [0.1, 0.15) is 6.29 Å². The largest absolute Gasteiger partial charge is 0.342 e. The van der Waals surface area contributed by atoms with Crippen molar-refractivity contribution in [1.82, 2.24) is 4.90 Å². The Morgan fingerprint density at radius 1 is 1.32 bits per heavy atom. The number of hydrogen-bond donors (Lipinski definition) is 0. The van der Waals surface area contributed by atoms with E-state index in [9.17, 15) is 9.59 Å². The minimum absolute atomic E-state index is 0.0154. The topological polar surface area (TPSA) is 37.4 Å². The van der Waals surface area contributed by atoms with Crippen LogP contribution in [0.15, 0.2) is 24.3 Å².